The van der Waals surface area contributed by atoms with Crippen molar-refractivity contribution in [3.63, 3.8) is 0 Å². The number of nitrogens with zero attached hydrogens (tertiary/aromatic N) is 2. The number of hydrogen-bond acceptors (Lipinski definition) is 3. The molecule has 0 saturated heterocycles. The third-order valence-electron chi connectivity index (χ3n) is 4.77. The van der Waals surface area contributed by atoms with Crippen LogP contribution in [0.1, 0.15) is 30.1 Å². The zero-order valence-corrected chi connectivity index (χ0v) is 16.8. The highest BCUT2D eigenvalue weighted by atomic mass is 32.1. The van der Waals surface area contributed by atoms with Crippen LogP contribution in [0, 0.1) is 0 Å². The van der Waals surface area contributed by atoms with Gasteiger partial charge in [-0.15, -0.1) is 0 Å². The van der Waals surface area contributed by atoms with Gasteiger partial charge in [0.2, 0.25) is 0 Å². The molecule has 4 rings (SSSR count). The second-order valence-corrected chi connectivity index (χ2v) is 7.70. The molecule has 0 radical (unpaired) electrons. The van der Waals surface area contributed by atoms with Gasteiger partial charge in [-0.2, -0.15) is 4.99 Å². The van der Waals surface area contributed by atoms with Crippen molar-refractivity contribution in [2.75, 3.05) is 6.61 Å². The average molecular weight is 391 g/mol. The smallest absolute Gasteiger partial charge is 0.279 e. The van der Waals surface area contributed by atoms with Gasteiger partial charge in [0.25, 0.3) is 5.91 Å². The van der Waals surface area contributed by atoms with E-state index in [2.05, 4.69) is 36.2 Å². The summed E-state index contributed by atoms with van der Waals surface area (Å²) in [7, 11) is 1.95. The molecule has 1 amide bonds. The molecule has 0 aliphatic rings. The van der Waals surface area contributed by atoms with Gasteiger partial charge >= 0.3 is 0 Å². The molecule has 0 N–H and O–H groups in total. The molecule has 4 nitrogen and oxygen atoms in total. The van der Waals surface area contributed by atoms with Gasteiger partial charge in [-0.05, 0) is 42.1 Å². The van der Waals surface area contributed by atoms with Crippen molar-refractivity contribution in [3.05, 3.63) is 71.0 Å². The number of rotatable bonds is 5. The molecule has 0 fully saturated rings. The molecule has 3 aromatic carbocycles. The van der Waals surface area contributed by atoms with Crippen molar-refractivity contribution in [3.8, 4) is 5.75 Å². The Morgan fingerprint density at radius 1 is 1.07 bits per heavy atom. The number of aromatic nitrogens is 1. The second kappa shape index (κ2) is 7.98. The monoisotopic (exact) mass is 390 g/mol. The quantitative estimate of drug-likeness (QED) is 0.433. The van der Waals surface area contributed by atoms with Gasteiger partial charge in [-0.25, -0.2) is 0 Å². The first-order valence-electron chi connectivity index (χ1n) is 9.46. The van der Waals surface area contributed by atoms with Gasteiger partial charge in [0, 0.05) is 18.0 Å². The Morgan fingerprint density at radius 3 is 2.64 bits per heavy atom. The van der Waals surface area contributed by atoms with Crippen LogP contribution in [-0.2, 0) is 7.05 Å². The molecule has 4 aromatic rings. The maximum Gasteiger partial charge on any atom is 0.279 e. The van der Waals surface area contributed by atoms with Crippen LogP contribution in [0.2, 0.25) is 0 Å². The highest BCUT2D eigenvalue weighted by molar-refractivity contribution is 7.17. The summed E-state index contributed by atoms with van der Waals surface area (Å²) in [5.41, 5.74) is 1.64. The topological polar surface area (TPSA) is 43.6 Å². The third-order valence-corrected chi connectivity index (χ3v) is 5.95. The van der Waals surface area contributed by atoms with E-state index in [0.717, 1.165) is 28.8 Å². The number of benzene rings is 3. The number of carbonyl (C=O) groups excluding carboxylic acids is 1. The summed E-state index contributed by atoms with van der Waals surface area (Å²) in [5, 5.41) is 2.37. The number of hydrogen-bond donors (Lipinski definition) is 0. The SMILES string of the molecule is CCCCOc1ccc(C(=O)N=c2sc3c4ccccc4ccc3n2C)cc1. The zero-order chi connectivity index (χ0) is 19.5. The molecule has 28 heavy (non-hydrogen) atoms. The first kappa shape index (κ1) is 18.4. The largest absolute Gasteiger partial charge is 0.494 e. The standard InChI is InChI=1S/C23H22N2O2S/c1-3-4-15-27-18-12-9-17(10-13-18)22(26)24-23-25(2)20-14-11-16-7-5-6-8-19(16)21(20)28-23/h5-14H,3-4,15H2,1-2H3. The highest BCUT2D eigenvalue weighted by Gasteiger charge is 2.09. The molecule has 0 aliphatic carbocycles. The van der Waals surface area contributed by atoms with Gasteiger partial charge < -0.3 is 9.30 Å². The van der Waals surface area contributed by atoms with Gasteiger partial charge in [0.05, 0.1) is 16.8 Å². The maximum absolute atomic E-state index is 12.7. The van der Waals surface area contributed by atoms with E-state index in [9.17, 15) is 4.79 Å². The van der Waals surface area contributed by atoms with Crippen molar-refractivity contribution in [1.82, 2.24) is 4.57 Å². The van der Waals surface area contributed by atoms with E-state index < -0.39 is 0 Å². The van der Waals surface area contributed by atoms with Crippen molar-refractivity contribution in [1.29, 1.82) is 0 Å². The van der Waals surface area contributed by atoms with Crippen LogP contribution in [0.5, 0.6) is 5.75 Å². The zero-order valence-electron chi connectivity index (χ0n) is 16.0. The van der Waals surface area contributed by atoms with E-state index >= 15 is 0 Å². The van der Waals surface area contributed by atoms with E-state index in [1.807, 2.05) is 35.9 Å². The van der Waals surface area contributed by atoms with Crippen LogP contribution >= 0.6 is 11.3 Å². The normalized spacial score (nSPS) is 12.0. The van der Waals surface area contributed by atoms with Crippen LogP contribution in [0.4, 0.5) is 0 Å². The lowest BCUT2D eigenvalue weighted by Crippen LogP contribution is -2.13. The first-order valence-corrected chi connectivity index (χ1v) is 10.3. The van der Waals surface area contributed by atoms with E-state index in [1.54, 1.807) is 23.5 Å². The summed E-state index contributed by atoms with van der Waals surface area (Å²) in [4.78, 5) is 17.7. The van der Waals surface area contributed by atoms with Crippen LogP contribution < -0.4 is 9.54 Å². The van der Waals surface area contributed by atoms with Crippen molar-refractivity contribution in [2.45, 2.75) is 19.8 Å². The summed E-state index contributed by atoms with van der Waals surface area (Å²) >= 11 is 1.54. The average Bonchev–Trinajstić information content (AvgIpc) is 3.04. The van der Waals surface area contributed by atoms with Gasteiger partial charge in [-0.3, -0.25) is 4.79 Å². The molecule has 1 heterocycles. The number of amides is 1. The van der Waals surface area contributed by atoms with E-state index in [4.69, 9.17) is 4.74 Å². The molecule has 0 aliphatic heterocycles. The molecule has 1 aromatic heterocycles. The molecule has 0 unspecified atom stereocenters. The number of aryl methyl sites for hydroxylation is 1. The second-order valence-electron chi connectivity index (χ2n) is 6.72. The summed E-state index contributed by atoms with van der Waals surface area (Å²) in [5.74, 6) is 0.537. The highest BCUT2D eigenvalue weighted by Crippen LogP contribution is 2.27. The Bertz CT molecular complexity index is 1200. The van der Waals surface area contributed by atoms with Crippen molar-refractivity contribution < 1.29 is 9.53 Å². The van der Waals surface area contributed by atoms with Gasteiger partial charge in [0.1, 0.15) is 5.75 Å². The Labute approximate surface area is 167 Å². The summed E-state index contributed by atoms with van der Waals surface area (Å²) in [6.07, 6.45) is 2.12. The Morgan fingerprint density at radius 2 is 1.86 bits per heavy atom. The Balaban J connectivity index is 1.66. The molecular formula is C23H22N2O2S. The predicted molar refractivity (Wildman–Crippen MR) is 115 cm³/mol. The Hall–Kier alpha value is -2.92. The van der Waals surface area contributed by atoms with Crippen LogP contribution in [0.15, 0.2) is 65.7 Å². The van der Waals surface area contributed by atoms with Crippen LogP contribution in [-0.4, -0.2) is 17.1 Å². The number of thiazole rings is 1. The van der Waals surface area contributed by atoms with Crippen molar-refractivity contribution >= 4 is 38.2 Å². The van der Waals surface area contributed by atoms with Crippen LogP contribution in [0.3, 0.4) is 0 Å². The number of unbranched alkanes of at least 4 members (excludes halogenated alkanes) is 1. The number of carbonyl (C=O) groups is 1. The van der Waals surface area contributed by atoms with Crippen LogP contribution in [0.25, 0.3) is 21.0 Å². The third kappa shape index (κ3) is 3.58. The summed E-state index contributed by atoms with van der Waals surface area (Å²) in [6.45, 7) is 2.82. The Kier molecular flexibility index (Phi) is 5.26. The summed E-state index contributed by atoms with van der Waals surface area (Å²) < 4.78 is 8.78. The van der Waals surface area contributed by atoms with Crippen molar-refractivity contribution in [2.24, 2.45) is 12.0 Å². The van der Waals surface area contributed by atoms with E-state index in [0.29, 0.717) is 17.0 Å². The molecule has 0 atom stereocenters. The number of fused-ring (bicyclic) bond motifs is 3. The first-order chi connectivity index (χ1) is 13.7. The minimum absolute atomic E-state index is 0.244. The van der Waals surface area contributed by atoms with Gasteiger partial charge in [0.15, 0.2) is 4.80 Å². The molecular weight excluding hydrogens is 368 g/mol. The molecule has 0 spiro atoms. The lowest BCUT2D eigenvalue weighted by atomic mass is 10.1. The molecule has 0 bridgehead atoms. The number of ether oxygens (including phenoxy) is 1. The minimum atomic E-state index is -0.244. The molecule has 0 saturated carbocycles. The maximum atomic E-state index is 12.7. The fraction of sp³-hybridized carbons (Fsp3) is 0.217. The minimum Gasteiger partial charge on any atom is -0.494 e. The molecule has 5 heteroatoms. The predicted octanol–water partition coefficient (Wildman–Crippen LogP) is 5.31. The lowest BCUT2D eigenvalue weighted by molar-refractivity contribution is 0.0998. The fourth-order valence-electron chi connectivity index (χ4n) is 3.14. The lowest BCUT2D eigenvalue weighted by Gasteiger charge is -2.05. The van der Waals surface area contributed by atoms with Gasteiger partial charge in [-0.1, -0.05) is 55.0 Å². The molecule has 142 valence electrons. The van der Waals surface area contributed by atoms with E-state index in [-0.39, 0.29) is 5.91 Å². The summed E-state index contributed by atoms with van der Waals surface area (Å²) in [6, 6.07) is 19.7. The fourth-order valence-corrected chi connectivity index (χ4v) is 4.29. The van der Waals surface area contributed by atoms with E-state index in [1.165, 1.54) is 10.8 Å².